The van der Waals surface area contributed by atoms with Crippen LogP contribution in [0.1, 0.15) is 5.56 Å². The van der Waals surface area contributed by atoms with Crippen LogP contribution in [0.2, 0.25) is 0 Å². The minimum Gasteiger partial charge on any atom is -0.508 e. The van der Waals surface area contributed by atoms with Crippen molar-refractivity contribution < 1.29 is 14.2 Å². The van der Waals surface area contributed by atoms with E-state index in [9.17, 15) is 14.3 Å². The predicted octanol–water partition coefficient (Wildman–Crippen LogP) is 3.96. The predicted molar refractivity (Wildman–Crippen MR) is 109 cm³/mol. The average molecular weight is 402 g/mol. The molecule has 30 heavy (non-hydrogen) atoms. The molecule has 0 saturated heterocycles. The summed E-state index contributed by atoms with van der Waals surface area (Å²) in [5.74, 6) is 0.218. The fourth-order valence-electron chi connectivity index (χ4n) is 3.33. The first-order chi connectivity index (χ1) is 14.6. The topological polar surface area (TPSA) is 93.0 Å². The number of halogens is 1. The molecule has 8 heteroatoms. The molecule has 0 fully saturated rings. The number of aromatic hydroxyl groups is 1. The number of aromatic nitrogens is 4. The maximum Gasteiger partial charge on any atom is 0.328 e. The fourth-order valence-corrected chi connectivity index (χ4v) is 3.33. The molecule has 3 aromatic heterocycles. The molecule has 0 amide bonds. The summed E-state index contributed by atoms with van der Waals surface area (Å²) in [6, 6.07) is 15.8. The lowest BCUT2D eigenvalue weighted by atomic mass is 10.2. The standard InChI is InChI=1S/C22H15FN4O3/c23-14-3-1-4-16(11-14)30-21-17-5-2-10-24-18(17)19-20(26-21)27(22(29)25-19)12-13-6-8-15(28)9-7-13/h1-11,28H,12H2,(H,25,29). The van der Waals surface area contributed by atoms with Crippen molar-refractivity contribution >= 4 is 22.1 Å². The highest BCUT2D eigenvalue weighted by Gasteiger charge is 2.17. The third kappa shape index (κ3) is 3.14. The molecule has 0 unspecified atom stereocenters. The summed E-state index contributed by atoms with van der Waals surface area (Å²) >= 11 is 0. The molecule has 148 valence electrons. The second-order valence-corrected chi connectivity index (χ2v) is 6.76. The number of rotatable bonds is 4. The molecule has 0 saturated carbocycles. The molecule has 5 aromatic rings. The van der Waals surface area contributed by atoms with E-state index in [-0.39, 0.29) is 29.6 Å². The maximum atomic E-state index is 13.6. The zero-order chi connectivity index (χ0) is 20.7. The lowest BCUT2D eigenvalue weighted by molar-refractivity contribution is 0.465. The smallest absolute Gasteiger partial charge is 0.328 e. The van der Waals surface area contributed by atoms with E-state index >= 15 is 0 Å². The normalized spacial score (nSPS) is 11.2. The van der Waals surface area contributed by atoms with Crippen molar-refractivity contribution in [3.8, 4) is 17.4 Å². The van der Waals surface area contributed by atoms with Crippen molar-refractivity contribution in [2.24, 2.45) is 0 Å². The van der Waals surface area contributed by atoms with Gasteiger partial charge in [0.2, 0.25) is 5.88 Å². The van der Waals surface area contributed by atoms with Gasteiger partial charge in [-0.25, -0.2) is 9.18 Å². The van der Waals surface area contributed by atoms with Crippen LogP contribution >= 0.6 is 0 Å². The third-order valence-corrected chi connectivity index (χ3v) is 4.73. The van der Waals surface area contributed by atoms with Gasteiger partial charge in [0.1, 0.15) is 28.3 Å². The minimum absolute atomic E-state index is 0.143. The fraction of sp³-hybridized carbons (Fsp3) is 0.0455. The summed E-state index contributed by atoms with van der Waals surface area (Å²) in [6.07, 6.45) is 1.61. The maximum absolute atomic E-state index is 13.6. The summed E-state index contributed by atoms with van der Waals surface area (Å²) in [5.41, 5.74) is 1.84. The van der Waals surface area contributed by atoms with Crippen LogP contribution < -0.4 is 10.4 Å². The van der Waals surface area contributed by atoms with E-state index in [1.165, 1.54) is 16.7 Å². The Morgan fingerprint density at radius 3 is 2.73 bits per heavy atom. The first-order valence-corrected chi connectivity index (χ1v) is 9.17. The molecule has 0 radical (unpaired) electrons. The number of aromatic amines is 1. The zero-order valence-corrected chi connectivity index (χ0v) is 15.5. The van der Waals surface area contributed by atoms with Gasteiger partial charge in [0, 0.05) is 12.3 Å². The third-order valence-electron chi connectivity index (χ3n) is 4.73. The number of benzene rings is 2. The molecule has 0 spiro atoms. The van der Waals surface area contributed by atoms with E-state index in [4.69, 9.17) is 4.74 Å². The van der Waals surface area contributed by atoms with Crippen LogP contribution in [0.25, 0.3) is 22.1 Å². The Labute approximate surface area is 169 Å². The van der Waals surface area contributed by atoms with Gasteiger partial charge in [-0.05, 0) is 42.0 Å². The molecule has 3 heterocycles. The summed E-state index contributed by atoms with van der Waals surface area (Å²) in [4.78, 5) is 24.4. The summed E-state index contributed by atoms with van der Waals surface area (Å²) in [7, 11) is 0. The van der Waals surface area contributed by atoms with Crippen LogP contribution in [0.3, 0.4) is 0 Å². The minimum atomic E-state index is -0.429. The SMILES string of the molecule is O=c1[nH]c2c3ncccc3c(Oc3cccc(F)c3)nc2n1Cc1ccc(O)cc1. The second-order valence-electron chi connectivity index (χ2n) is 6.76. The van der Waals surface area contributed by atoms with Gasteiger partial charge in [0.05, 0.1) is 11.9 Å². The molecule has 0 atom stereocenters. The highest BCUT2D eigenvalue weighted by Crippen LogP contribution is 2.31. The van der Waals surface area contributed by atoms with Crippen molar-refractivity contribution in [1.82, 2.24) is 19.5 Å². The van der Waals surface area contributed by atoms with Crippen LogP contribution in [0.5, 0.6) is 17.4 Å². The number of fused-ring (bicyclic) bond motifs is 3. The number of pyridine rings is 2. The van der Waals surface area contributed by atoms with Gasteiger partial charge >= 0.3 is 5.69 Å². The number of nitrogens with one attached hydrogen (secondary N) is 1. The van der Waals surface area contributed by atoms with Crippen LogP contribution in [0.4, 0.5) is 4.39 Å². The van der Waals surface area contributed by atoms with Gasteiger partial charge in [0.15, 0.2) is 5.65 Å². The Morgan fingerprint density at radius 1 is 1.10 bits per heavy atom. The largest absolute Gasteiger partial charge is 0.508 e. The number of ether oxygens (including phenoxy) is 1. The highest BCUT2D eigenvalue weighted by molar-refractivity contribution is 6.02. The quantitative estimate of drug-likeness (QED) is 0.475. The van der Waals surface area contributed by atoms with Crippen molar-refractivity contribution in [2.45, 2.75) is 6.54 Å². The van der Waals surface area contributed by atoms with Crippen LogP contribution in [0, 0.1) is 5.82 Å². The van der Waals surface area contributed by atoms with Gasteiger partial charge in [-0.15, -0.1) is 0 Å². The van der Waals surface area contributed by atoms with Crippen molar-refractivity contribution in [3.05, 3.63) is 88.7 Å². The summed E-state index contributed by atoms with van der Waals surface area (Å²) in [6.45, 7) is 0.240. The van der Waals surface area contributed by atoms with Crippen molar-refractivity contribution in [3.63, 3.8) is 0 Å². The molecular weight excluding hydrogens is 387 g/mol. The number of phenolic OH excluding ortho intramolecular Hbond substituents is 1. The van der Waals surface area contributed by atoms with Gasteiger partial charge in [-0.2, -0.15) is 4.98 Å². The summed E-state index contributed by atoms with van der Waals surface area (Å²) < 4.78 is 20.9. The molecule has 7 nitrogen and oxygen atoms in total. The summed E-state index contributed by atoms with van der Waals surface area (Å²) in [5, 5.41) is 10.1. The van der Waals surface area contributed by atoms with E-state index in [0.29, 0.717) is 22.1 Å². The number of hydrogen-bond donors (Lipinski definition) is 2. The first-order valence-electron chi connectivity index (χ1n) is 9.17. The average Bonchev–Trinajstić information content (AvgIpc) is 3.05. The second kappa shape index (κ2) is 7.00. The highest BCUT2D eigenvalue weighted by atomic mass is 19.1. The zero-order valence-electron chi connectivity index (χ0n) is 15.5. The number of hydrogen-bond acceptors (Lipinski definition) is 5. The monoisotopic (exact) mass is 402 g/mol. The van der Waals surface area contributed by atoms with E-state index in [1.807, 2.05) is 0 Å². The Bertz CT molecular complexity index is 1440. The number of H-pyrrole nitrogens is 1. The van der Waals surface area contributed by atoms with Crippen LogP contribution in [0.15, 0.2) is 71.7 Å². The Hall–Kier alpha value is -4.20. The van der Waals surface area contributed by atoms with Crippen molar-refractivity contribution in [1.29, 1.82) is 0 Å². The number of phenols is 1. The molecule has 0 aliphatic carbocycles. The molecular formula is C22H15FN4O3. The first kappa shape index (κ1) is 17.9. The molecule has 2 N–H and O–H groups in total. The molecule has 0 bridgehead atoms. The lowest BCUT2D eigenvalue weighted by Gasteiger charge is -2.10. The molecule has 5 rings (SSSR count). The van der Waals surface area contributed by atoms with E-state index < -0.39 is 5.82 Å². The van der Waals surface area contributed by atoms with Crippen LogP contribution in [-0.2, 0) is 6.54 Å². The Morgan fingerprint density at radius 2 is 1.93 bits per heavy atom. The van der Waals surface area contributed by atoms with E-state index in [0.717, 1.165) is 5.56 Å². The molecule has 0 aliphatic heterocycles. The molecule has 0 aliphatic rings. The van der Waals surface area contributed by atoms with Gasteiger partial charge in [-0.3, -0.25) is 9.55 Å². The van der Waals surface area contributed by atoms with Crippen LogP contribution in [-0.4, -0.2) is 24.6 Å². The lowest BCUT2D eigenvalue weighted by Crippen LogP contribution is -2.17. The van der Waals surface area contributed by atoms with Crippen molar-refractivity contribution in [2.75, 3.05) is 0 Å². The van der Waals surface area contributed by atoms with E-state index in [1.54, 1.807) is 54.7 Å². The number of imidazole rings is 1. The Kier molecular flexibility index (Phi) is 4.17. The van der Waals surface area contributed by atoms with Gasteiger partial charge in [-0.1, -0.05) is 18.2 Å². The van der Waals surface area contributed by atoms with Gasteiger partial charge in [0.25, 0.3) is 0 Å². The van der Waals surface area contributed by atoms with Gasteiger partial charge < -0.3 is 14.8 Å². The Balaban J connectivity index is 1.69. The molecule has 2 aromatic carbocycles. The number of nitrogens with zero attached hydrogens (tertiary/aromatic N) is 3. The van der Waals surface area contributed by atoms with E-state index in [2.05, 4.69) is 15.0 Å².